The third kappa shape index (κ3) is 4.10. The maximum atomic E-state index is 12.9. The molecule has 0 bridgehead atoms. The summed E-state index contributed by atoms with van der Waals surface area (Å²) in [5.74, 6) is 1.07. The second-order valence-electron chi connectivity index (χ2n) is 6.82. The summed E-state index contributed by atoms with van der Waals surface area (Å²) in [6.07, 6.45) is 0. The molecule has 1 aliphatic rings. The Labute approximate surface area is 156 Å². The third-order valence-electron chi connectivity index (χ3n) is 5.20. The van der Waals surface area contributed by atoms with Gasteiger partial charge in [0.15, 0.2) is 0 Å². The number of carbonyl (C=O) groups is 1. The lowest BCUT2D eigenvalue weighted by Crippen LogP contribution is -2.49. The van der Waals surface area contributed by atoms with Gasteiger partial charge in [0, 0.05) is 50.7 Å². The fraction of sp³-hybridized carbons (Fsp3) is 0.476. The second-order valence-corrected chi connectivity index (χ2v) is 6.82. The normalized spacial score (nSPS) is 15.3. The first-order valence-corrected chi connectivity index (χ1v) is 9.46. The number of hydrogen-bond donors (Lipinski definition) is 0. The summed E-state index contributed by atoms with van der Waals surface area (Å²) in [6.45, 7) is 12.0. The Morgan fingerprint density at radius 1 is 1.08 bits per heavy atom. The molecule has 0 aliphatic carbocycles. The smallest absolute Gasteiger partial charge is 0.255 e. The van der Waals surface area contributed by atoms with E-state index in [2.05, 4.69) is 23.3 Å². The van der Waals surface area contributed by atoms with E-state index in [1.807, 2.05) is 48.2 Å². The molecule has 1 saturated heterocycles. The predicted octanol–water partition coefficient (Wildman–Crippen LogP) is 2.96. The second kappa shape index (κ2) is 8.41. The molecule has 0 atom stereocenters. The largest absolute Gasteiger partial charge is 0.492 e. The average Bonchev–Trinajstić information content (AvgIpc) is 2.96. The van der Waals surface area contributed by atoms with Gasteiger partial charge in [-0.2, -0.15) is 0 Å². The Kier molecular flexibility index (Phi) is 5.99. The minimum absolute atomic E-state index is 0.165. The minimum Gasteiger partial charge on any atom is -0.492 e. The molecule has 0 saturated carbocycles. The molecule has 1 aromatic carbocycles. The predicted molar refractivity (Wildman–Crippen MR) is 104 cm³/mol. The highest BCUT2D eigenvalue weighted by Gasteiger charge is 2.24. The zero-order chi connectivity index (χ0) is 18.5. The summed E-state index contributed by atoms with van der Waals surface area (Å²) >= 11 is 0. The Balaban J connectivity index is 1.48. The number of nitrogens with zero attached hydrogens (tertiary/aromatic N) is 3. The highest BCUT2D eigenvalue weighted by molar-refractivity contribution is 5.95. The summed E-state index contributed by atoms with van der Waals surface area (Å²) in [5.41, 5.74) is 3.09. The zero-order valence-corrected chi connectivity index (χ0v) is 16.1. The molecule has 0 N–H and O–H groups in total. The molecule has 0 radical (unpaired) electrons. The molecule has 5 heteroatoms. The number of hydrogen-bond acceptors (Lipinski definition) is 3. The van der Waals surface area contributed by atoms with Gasteiger partial charge in [-0.3, -0.25) is 9.69 Å². The van der Waals surface area contributed by atoms with E-state index in [4.69, 9.17) is 4.74 Å². The van der Waals surface area contributed by atoms with Crippen LogP contribution >= 0.6 is 0 Å². The van der Waals surface area contributed by atoms with Crippen LogP contribution in [-0.4, -0.2) is 59.6 Å². The lowest BCUT2D eigenvalue weighted by atomic mass is 10.2. The van der Waals surface area contributed by atoms with E-state index < -0.39 is 0 Å². The molecule has 0 spiro atoms. The first kappa shape index (κ1) is 18.5. The topological polar surface area (TPSA) is 37.7 Å². The fourth-order valence-corrected chi connectivity index (χ4v) is 3.66. The van der Waals surface area contributed by atoms with E-state index in [1.165, 1.54) is 0 Å². The van der Waals surface area contributed by atoms with Crippen LogP contribution in [-0.2, 0) is 6.54 Å². The number of benzene rings is 1. The fourth-order valence-electron chi connectivity index (χ4n) is 3.66. The Bertz CT molecular complexity index is 731. The molecule has 26 heavy (non-hydrogen) atoms. The van der Waals surface area contributed by atoms with Gasteiger partial charge in [0.05, 0.1) is 5.56 Å². The van der Waals surface area contributed by atoms with Crippen LogP contribution in [0, 0.1) is 13.8 Å². The van der Waals surface area contributed by atoms with Gasteiger partial charge in [-0.1, -0.05) is 18.2 Å². The summed E-state index contributed by atoms with van der Waals surface area (Å²) in [6, 6.07) is 11.9. The maximum Gasteiger partial charge on any atom is 0.255 e. The molecule has 0 unspecified atom stereocenters. The maximum absolute atomic E-state index is 12.9. The number of aromatic nitrogens is 1. The van der Waals surface area contributed by atoms with Crippen molar-refractivity contribution in [1.29, 1.82) is 0 Å². The molecular weight excluding hydrogens is 326 g/mol. The van der Waals surface area contributed by atoms with E-state index >= 15 is 0 Å². The molecule has 2 heterocycles. The number of carbonyl (C=O) groups excluding carboxylic acids is 1. The van der Waals surface area contributed by atoms with Gasteiger partial charge in [0.2, 0.25) is 0 Å². The first-order chi connectivity index (χ1) is 12.6. The van der Waals surface area contributed by atoms with Gasteiger partial charge >= 0.3 is 0 Å². The van der Waals surface area contributed by atoms with Crippen LogP contribution in [0.3, 0.4) is 0 Å². The third-order valence-corrected chi connectivity index (χ3v) is 5.20. The highest BCUT2D eigenvalue weighted by Crippen LogP contribution is 2.18. The van der Waals surface area contributed by atoms with Gasteiger partial charge in [-0.05, 0) is 39.0 Å². The van der Waals surface area contributed by atoms with Crippen LogP contribution in [0.15, 0.2) is 36.4 Å². The number of para-hydroxylation sites is 1. The summed E-state index contributed by atoms with van der Waals surface area (Å²) in [4.78, 5) is 17.2. The molecule has 1 amide bonds. The van der Waals surface area contributed by atoms with Crippen LogP contribution in [0.5, 0.6) is 5.75 Å². The van der Waals surface area contributed by atoms with Gasteiger partial charge in [0.25, 0.3) is 5.91 Å². The summed E-state index contributed by atoms with van der Waals surface area (Å²) in [7, 11) is 0. The molecule has 1 aromatic heterocycles. The average molecular weight is 355 g/mol. The van der Waals surface area contributed by atoms with E-state index in [1.54, 1.807) is 0 Å². The number of piperazine rings is 1. The highest BCUT2D eigenvalue weighted by atomic mass is 16.5. The van der Waals surface area contributed by atoms with Crippen LogP contribution in [0.4, 0.5) is 0 Å². The lowest BCUT2D eigenvalue weighted by Gasteiger charge is -2.34. The van der Waals surface area contributed by atoms with Crippen molar-refractivity contribution in [2.75, 3.05) is 39.3 Å². The van der Waals surface area contributed by atoms with Crippen LogP contribution in [0.1, 0.15) is 28.7 Å². The van der Waals surface area contributed by atoms with Crippen LogP contribution in [0.25, 0.3) is 0 Å². The van der Waals surface area contributed by atoms with Crippen molar-refractivity contribution in [2.45, 2.75) is 27.3 Å². The van der Waals surface area contributed by atoms with Crippen molar-refractivity contribution in [3.8, 4) is 5.75 Å². The molecule has 140 valence electrons. The van der Waals surface area contributed by atoms with Gasteiger partial charge in [-0.25, -0.2) is 0 Å². The van der Waals surface area contributed by atoms with Crippen molar-refractivity contribution < 1.29 is 9.53 Å². The van der Waals surface area contributed by atoms with Gasteiger partial charge < -0.3 is 14.2 Å². The molecule has 1 aliphatic heterocycles. The molecule has 2 aromatic rings. The molecular formula is C21H29N3O2. The zero-order valence-electron chi connectivity index (χ0n) is 16.1. The van der Waals surface area contributed by atoms with Crippen molar-refractivity contribution in [3.63, 3.8) is 0 Å². The summed E-state index contributed by atoms with van der Waals surface area (Å²) < 4.78 is 7.97. The van der Waals surface area contributed by atoms with E-state index in [9.17, 15) is 4.79 Å². The molecule has 1 fully saturated rings. The van der Waals surface area contributed by atoms with E-state index in [0.29, 0.717) is 6.61 Å². The Morgan fingerprint density at radius 2 is 1.77 bits per heavy atom. The quantitative estimate of drug-likeness (QED) is 0.799. The van der Waals surface area contributed by atoms with Gasteiger partial charge in [0.1, 0.15) is 12.4 Å². The molecule has 5 nitrogen and oxygen atoms in total. The Hall–Kier alpha value is -2.27. The number of ether oxygens (including phenoxy) is 1. The van der Waals surface area contributed by atoms with Crippen LogP contribution in [0.2, 0.25) is 0 Å². The monoisotopic (exact) mass is 355 g/mol. The van der Waals surface area contributed by atoms with Crippen LogP contribution < -0.4 is 4.74 Å². The minimum atomic E-state index is 0.165. The van der Waals surface area contributed by atoms with Crippen molar-refractivity contribution >= 4 is 5.91 Å². The summed E-state index contributed by atoms with van der Waals surface area (Å²) in [5, 5.41) is 0. The first-order valence-electron chi connectivity index (χ1n) is 9.46. The number of rotatable bonds is 6. The molecule has 3 rings (SSSR count). The van der Waals surface area contributed by atoms with E-state index in [0.717, 1.165) is 62.0 Å². The standard InChI is InChI=1S/C21H29N3O2/c1-4-24-17(2)16-20(18(24)3)21(25)23-12-10-22(11-13-23)14-15-26-19-8-6-5-7-9-19/h5-9,16H,4,10-15H2,1-3H3. The Morgan fingerprint density at radius 3 is 2.38 bits per heavy atom. The van der Waals surface area contributed by atoms with E-state index in [-0.39, 0.29) is 5.91 Å². The van der Waals surface area contributed by atoms with Crippen molar-refractivity contribution in [2.24, 2.45) is 0 Å². The SMILES string of the molecule is CCn1c(C)cc(C(=O)N2CCN(CCOc3ccccc3)CC2)c1C. The van der Waals surface area contributed by atoms with Crippen molar-refractivity contribution in [3.05, 3.63) is 53.3 Å². The number of aryl methyl sites for hydroxylation is 1. The lowest BCUT2D eigenvalue weighted by molar-refractivity contribution is 0.0619. The van der Waals surface area contributed by atoms with Crippen molar-refractivity contribution in [1.82, 2.24) is 14.4 Å². The number of amides is 1. The van der Waals surface area contributed by atoms with Gasteiger partial charge in [-0.15, -0.1) is 0 Å².